The van der Waals surface area contributed by atoms with Gasteiger partial charge in [0.2, 0.25) is 0 Å². The highest BCUT2D eigenvalue weighted by Crippen LogP contribution is 2.41. The third kappa shape index (κ3) is 3.42. The lowest BCUT2D eigenvalue weighted by Gasteiger charge is -2.13. The largest absolute Gasteiger partial charge is 0.496 e. The van der Waals surface area contributed by atoms with Gasteiger partial charge in [0.15, 0.2) is 0 Å². The molecule has 3 aromatic rings. The predicted molar refractivity (Wildman–Crippen MR) is 106 cm³/mol. The van der Waals surface area contributed by atoms with Gasteiger partial charge in [-0.2, -0.15) is 0 Å². The molecule has 1 heterocycles. The van der Waals surface area contributed by atoms with E-state index in [4.69, 9.17) is 14.2 Å². The number of aromatic nitrogens is 1. The van der Waals surface area contributed by atoms with Crippen LogP contribution in [0.4, 0.5) is 0 Å². The summed E-state index contributed by atoms with van der Waals surface area (Å²) in [5.74, 6) is -0.935. The number of H-pyrrole nitrogens is 1. The summed E-state index contributed by atoms with van der Waals surface area (Å²) in [6.07, 6.45) is 1.78. The van der Waals surface area contributed by atoms with Gasteiger partial charge in [-0.15, -0.1) is 0 Å². The number of esters is 1. The Morgan fingerprint density at radius 1 is 1.07 bits per heavy atom. The van der Waals surface area contributed by atoms with Gasteiger partial charge in [-0.05, 0) is 24.6 Å². The zero-order valence-corrected chi connectivity index (χ0v) is 16.7. The molecule has 0 radical (unpaired) electrons. The molecule has 0 spiro atoms. The van der Waals surface area contributed by atoms with E-state index in [9.17, 15) is 9.59 Å². The molecule has 1 aromatic heterocycles. The van der Waals surface area contributed by atoms with Crippen LogP contribution >= 0.6 is 15.9 Å². The Bertz CT molecular complexity index is 1010. The summed E-state index contributed by atoms with van der Waals surface area (Å²) in [6.45, 7) is 1.76. The summed E-state index contributed by atoms with van der Waals surface area (Å²) in [7, 11) is 2.97. The molecule has 0 saturated heterocycles. The van der Waals surface area contributed by atoms with Crippen LogP contribution in [0.5, 0.6) is 11.5 Å². The first kappa shape index (κ1) is 19.0. The number of ether oxygens (including phenoxy) is 3. The van der Waals surface area contributed by atoms with E-state index in [2.05, 4.69) is 20.9 Å². The average molecular weight is 432 g/mol. The number of fused-ring (bicyclic) bond motifs is 1. The maximum atomic E-state index is 12.7. The van der Waals surface area contributed by atoms with Crippen molar-refractivity contribution in [3.8, 4) is 22.6 Å². The van der Waals surface area contributed by atoms with Crippen molar-refractivity contribution >= 4 is 38.6 Å². The smallest absolute Gasteiger partial charge is 0.379 e. The van der Waals surface area contributed by atoms with Crippen LogP contribution in [0, 0.1) is 0 Å². The Labute approximate surface area is 164 Å². The van der Waals surface area contributed by atoms with Crippen LogP contribution in [-0.2, 0) is 9.53 Å². The summed E-state index contributed by atoms with van der Waals surface area (Å²) in [4.78, 5) is 27.8. The number of ketones is 1. The van der Waals surface area contributed by atoms with E-state index in [0.717, 1.165) is 15.6 Å². The molecule has 0 aliphatic carbocycles. The Balaban J connectivity index is 2.29. The number of rotatable bonds is 6. The molecule has 0 aliphatic heterocycles. The lowest BCUT2D eigenvalue weighted by molar-refractivity contribution is -0.137. The average Bonchev–Trinajstić information content (AvgIpc) is 3.11. The molecule has 0 amide bonds. The third-order valence-corrected chi connectivity index (χ3v) is 4.70. The minimum Gasteiger partial charge on any atom is -0.496 e. The van der Waals surface area contributed by atoms with E-state index < -0.39 is 11.8 Å². The number of hydrogen-bond donors (Lipinski definition) is 1. The highest BCUT2D eigenvalue weighted by Gasteiger charge is 2.28. The minimum atomic E-state index is -0.929. The summed E-state index contributed by atoms with van der Waals surface area (Å²) in [5.41, 5.74) is 2.36. The van der Waals surface area contributed by atoms with Gasteiger partial charge in [-0.25, -0.2) is 4.79 Å². The minimum absolute atomic E-state index is 0.112. The molecule has 0 atom stereocenters. The van der Waals surface area contributed by atoms with Gasteiger partial charge in [-0.3, -0.25) is 4.79 Å². The molecule has 3 rings (SSSR count). The zero-order chi connectivity index (χ0) is 19.6. The molecule has 140 valence electrons. The molecule has 2 aromatic carbocycles. The Morgan fingerprint density at radius 2 is 1.74 bits per heavy atom. The van der Waals surface area contributed by atoms with E-state index in [-0.39, 0.29) is 17.9 Å². The summed E-state index contributed by atoms with van der Waals surface area (Å²) in [5, 5.41) is 0.688. The van der Waals surface area contributed by atoms with Crippen molar-refractivity contribution in [2.75, 3.05) is 20.8 Å². The van der Waals surface area contributed by atoms with E-state index in [1.807, 2.05) is 24.3 Å². The van der Waals surface area contributed by atoms with E-state index in [1.165, 1.54) is 7.11 Å². The number of nitrogens with one attached hydrogen (secondary N) is 1. The number of hydrogen-bond acceptors (Lipinski definition) is 5. The number of halogens is 1. The van der Waals surface area contributed by atoms with Gasteiger partial charge in [0, 0.05) is 22.3 Å². The predicted octanol–water partition coefficient (Wildman–Crippen LogP) is 4.36. The van der Waals surface area contributed by atoms with Crippen molar-refractivity contribution in [1.82, 2.24) is 4.98 Å². The molecule has 0 bridgehead atoms. The second kappa shape index (κ2) is 7.84. The van der Waals surface area contributed by atoms with Gasteiger partial charge in [0.25, 0.3) is 5.78 Å². The fraction of sp³-hybridized carbons (Fsp3) is 0.200. The van der Waals surface area contributed by atoms with E-state index >= 15 is 0 Å². The summed E-state index contributed by atoms with van der Waals surface area (Å²) < 4.78 is 16.7. The topological polar surface area (TPSA) is 77.6 Å². The Kier molecular flexibility index (Phi) is 5.51. The molecule has 27 heavy (non-hydrogen) atoms. The monoisotopic (exact) mass is 431 g/mol. The fourth-order valence-electron chi connectivity index (χ4n) is 2.97. The normalized spacial score (nSPS) is 10.7. The Morgan fingerprint density at radius 3 is 2.33 bits per heavy atom. The van der Waals surface area contributed by atoms with E-state index in [1.54, 1.807) is 26.3 Å². The molecular weight excluding hydrogens is 414 g/mol. The SMILES string of the molecule is CCOC(=O)C(=O)c1c(OC)cc(OC)c2c(-c3ccc(Br)cc3)c[nH]c12. The summed E-state index contributed by atoms with van der Waals surface area (Å²) >= 11 is 3.42. The van der Waals surface area contributed by atoms with E-state index in [0.29, 0.717) is 16.7 Å². The second-order valence-electron chi connectivity index (χ2n) is 5.66. The molecule has 0 unspecified atom stereocenters. The third-order valence-electron chi connectivity index (χ3n) is 4.17. The lowest BCUT2D eigenvalue weighted by atomic mass is 9.99. The van der Waals surface area contributed by atoms with Crippen molar-refractivity contribution in [2.45, 2.75) is 6.92 Å². The maximum absolute atomic E-state index is 12.7. The number of carbonyl (C=O) groups excluding carboxylic acids is 2. The van der Waals surface area contributed by atoms with Crippen LogP contribution in [0.1, 0.15) is 17.3 Å². The van der Waals surface area contributed by atoms with Crippen molar-refractivity contribution in [3.05, 3.63) is 46.6 Å². The van der Waals surface area contributed by atoms with Crippen LogP contribution in [0.15, 0.2) is 41.0 Å². The summed E-state index contributed by atoms with van der Waals surface area (Å²) in [6, 6.07) is 9.35. The number of aromatic amines is 1. The Hall–Kier alpha value is -2.80. The van der Waals surface area contributed by atoms with Crippen LogP contribution < -0.4 is 9.47 Å². The molecule has 0 saturated carbocycles. The molecular formula is C20H18BrNO5. The fourth-order valence-corrected chi connectivity index (χ4v) is 3.23. The highest BCUT2D eigenvalue weighted by molar-refractivity contribution is 9.10. The molecule has 7 heteroatoms. The maximum Gasteiger partial charge on any atom is 0.379 e. The van der Waals surface area contributed by atoms with Crippen molar-refractivity contribution in [2.24, 2.45) is 0 Å². The van der Waals surface area contributed by atoms with Crippen molar-refractivity contribution in [1.29, 1.82) is 0 Å². The molecule has 0 fully saturated rings. The van der Waals surface area contributed by atoms with Crippen LogP contribution in [0.2, 0.25) is 0 Å². The first-order chi connectivity index (χ1) is 13.0. The first-order valence-corrected chi connectivity index (χ1v) is 9.04. The van der Waals surface area contributed by atoms with Crippen molar-refractivity contribution in [3.63, 3.8) is 0 Å². The number of methoxy groups -OCH3 is 2. The van der Waals surface area contributed by atoms with Gasteiger partial charge in [0.05, 0.1) is 37.3 Å². The standard InChI is InChI=1S/C20H18BrNO5/c1-4-27-20(24)19(23)17-15(26-3)9-14(25-2)16-13(10-22-18(16)17)11-5-7-12(21)8-6-11/h5-10,22H,4H2,1-3H3. The van der Waals surface area contributed by atoms with Crippen molar-refractivity contribution < 1.29 is 23.8 Å². The lowest BCUT2D eigenvalue weighted by Crippen LogP contribution is -2.19. The van der Waals surface area contributed by atoms with Gasteiger partial charge in [-0.1, -0.05) is 28.1 Å². The van der Waals surface area contributed by atoms with Gasteiger partial charge in [0.1, 0.15) is 11.5 Å². The van der Waals surface area contributed by atoms with Crippen LogP contribution in [-0.4, -0.2) is 37.6 Å². The van der Waals surface area contributed by atoms with Gasteiger partial charge < -0.3 is 19.2 Å². The molecule has 1 N–H and O–H groups in total. The number of carbonyl (C=O) groups is 2. The van der Waals surface area contributed by atoms with Crippen LogP contribution in [0.3, 0.4) is 0 Å². The van der Waals surface area contributed by atoms with Crippen LogP contribution in [0.25, 0.3) is 22.0 Å². The second-order valence-corrected chi connectivity index (χ2v) is 6.58. The van der Waals surface area contributed by atoms with Gasteiger partial charge >= 0.3 is 5.97 Å². The molecule has 6 nitrogen and oxygen atoms in total. The zero-order valence-electron chi connectivity index (χ0n) is 15.1. The number of benzene rings is 2. The molecule has 0 aliphatic rings. The quantitative estimate of drug-likeness (QED) is 0.356. The first-order valence-electron chi connectivity index (χ1n) is 8.25. The highest BCUT2D eigenvalue weighted by atomic mass is 79.9. The number of Topliss-reactive ketones (excluding diaryl/α,β-unsaturated/α-hetero) is 1.